The van der Waals surface area contributed by atoms with E-state index >= 15 is 0 Å². The van der Waals surface area contributed by atoms with Crippen LogP contribution in [0.2, 0.25) is 0 Å². The smallest absolute Gasteiger partial charge is 0.305 e. The first-order valence-corrected chi connectivity index (χ1v) is 11.5. The minimum atomic E-state index is -0.880. The SMILES string of the molecule is Cc1cc(O)cc(C)c1C[C@@H](C(=O)N1Cc2ccccc2C[C@H]1CC(=O)O)N1CCCC1. The largest absolute Gasteiger partial charge is 0.508 e. The highest BCUT2D eigenvalue weighted by molar-refractivity contribution is 5.84. The summed E-state index contributed by atoms with van der Waals surface area (Å²) < 4.78 is 0. The van der Waals surface area contributed by atoms with Crippen molar-refractivity contribution in [2.75, 3.05) is 13.1 Å². The van der Waals surface area contributed by atoms with Crippen LogP contribution < -0.4 is 0 Å². The van der Waals surface area contributed by atoms with Crippen LogP contribution in [-0.2, 0) is 29.0 Å². The minimum Gasteiger partial charge on any atom is -0.508 e. The van der Waals surface area contributed by atoms with Gasteiger partial charge in [-0.1, -0.05) is 24.3 Å². The van der Waals surface area contributed by atoms with Crippen LogP contribution in [0.4, 0.5) is 0 Å². The van der Waals surface area contributed by atoms with Crippen LogP contribution >= 0.6 is 0 Å². The molecule has 6 nitrogen and oxygen atoms in total. The number of amides is 1. The summed E-state index contributed by atoms with van der Waals surface area (Å²) in [6.07, 6.45) is 3.22. The second kappa shape index (κ2) is 9.33. The Morgan fingerprint density at radius 3 is 2.31 bits per heavy atom. The van der Waals surface area contributed by atoms with Crippen molar-refractivity contribution < 1.29 is 19.8 Å². The maximum atomic E-state index is 14.0. The summed E-state index contributed by atoms with van der Waals surface area (Å²) in [4.78, 5) is 29.7. The molecule has 0 aliphatic carbocycles. The van der Waals surface area contributed by atoms with Gasteiger partial charge >= 0.3 is 5.97 Å². The van der Waals surface area contributed by atoms with Crippen molar-refractivity contribution in [3.05, 3.63) is 64.2 Å². The molecule has 1 amide bonds. The number of benzene rings is 2. The van der Waals surface area contributed by atoms with E-state index in [-0.39, 0.29) is 30.2 Å². The summed E-state index contributed by atoms with van der Waals surface area (Å²) >= 11 is 0. The van der Waals surface area contributed by atoms with Crippen LogP contribution in [0.1, 0.15) is 47.1 Å². The Bertz CT molecular complexity index is 990. The minimum absolute atomic E-state index is 0.0135. The third-order valence-corrected chi connectivity index (χ3v) is 6.99. The zero-order valence-corrected chi connectivity index (χ0v) is 18.9. The van der Waals surface area contributed by atoms with Crippen LogP contribution in [0.3, 0.4) is 0 Å². The Balaban J connectivity index is 1.67. The average Bonchev–Trinajstić information content (AvgIpc) is 3.26. The highest BCUT2D eigenvalue weighted by Gasteiger charge is 2.38. The van der Waals surface area contributed by atoms with Gasteiger partial charge in [0.25, 0.3) is 0 Å². The second-order valence-corrected chi connectivity index (χ2v) is 9.21. The van der Waals surface area contributed by atoms with E-state index in [0.29, 0.717) is 19.4 Å². The molecule has 2 N–H and O–H groups in total. The Hall–Kier alpha value is -2.86. The van der Waals surface area contributed by atoms with Gasteiger partial charge in [0.1, 0.15) is 5.75 Å². The zero-order valence-electron chi connectivity index (χ0n) is 18.9. The molecule has 0 aromatic heterocycles. The van der Waals surface area contributed by atoms with Crippen molar-refractivity contribution in [2.24, 2.45) is 0 Å². The predicted octanol–water partition coefficient (Wildman–Crippen LogP) is 3.44. The number of aliphatic carboxylic acids is 1. The average molecular weight is 437 g/mol. The first-order valence-electron chi connectivity index (χ1n) is 11.5. The molecular formula is C26H32N2O4. The molecule has 2 aliphatic rings. The van der Waals surface area contributed by atoms with E-state index in [1.807, 2.05) is 43.0 Å². The molecule has 0 bridgehead atoms. The van der Waals surface area contributed by atoms with E-state index < -0.39 is 5.97 Å². The Morgan fingerprint density at radius 2 is 1.69 bits per heavy atom. The summed E-state index contributed by atoms with van der Waals surface area (Å²) in [6, 6.07) is 10.8. The lowest BCUT2D eigenvalue weighted by atomic mass is 9.90. The molecule has 2 aromatic rings. The number of aromatic hydroxyl groups is 1. The van der Waals surface area contributed by atoms with Crippen molar-refractivity contribution in [3.8, 4) is 5.75 Å². The fourth-order valence-corrected chi connectivity index (χ4v) is 5.33. The summed E-state index contributed by atoms with van der Waals surface area (Å²) in [7, 11) is 0. The van der Waals surface area contributed by atoms with Crippen molar-refractivity contribution in [3.63, 3.8) is 0 Å². The Labute approximate surface area is 189 Å². The molecular weight excluding hydrogens is 404 g/mol. The van der Waals surface area contributed by atoms with Gasteiger partial charge in [-0.05, 0) is 92.6 Å². The van der Waals surface area contributed by atoms with Gasteiger partial charge in [0, 0.05) is 12.6 Å². The van der Waals surface area contributed by atoms with Gasteiger partial charge in [-0.25, -0.2) is 0 Å². The summed E-state index contributed by atoms with van der Waals surface area (Å²) in [5.74, 6) is -0.628. The van der Waals surface area contributed by atoms with E-state index in [2.05, 4.69) is 4.90 Å². The molecule has 0 radical (unpaired) electrons. The third kappa shape index (κ3) is 4.65. The molecule has 0 saturated carbocycles. The molecule has 2 aliphatic heterocycles. The van der Waals surface area contributed by atoms with Gasteiger partial charge in [0.15, 0.2) is 0 Å². The summed E-state index contributed by atoms with van der Waals surface area (Å²) in [5.41, 5.74) is 5.27. The number of carbonyl (C=O) groups excluding carboxylic acids is 1. The Morgan fingerprint density at radius 1 is 1.06 bits per heavy atom. The standard InChI is InChI=1S/C26H32N2O4/c1-17-11-22(29)12-18(2)23(17)15-24(27-9-5-6-10-27)26(32)28-16-20-8-4-3-7-19(20)13-21(28)14-25(30)31/h3-4,7-8,11-12,21,24,29H,5-6,9-10,13-16H2,1-2H3,(H,30,31)/t21-,24-/m0/s1. The molecule has 6 heteroatoms. The van der Waals surface area contributed by atoms with Crippen LogP contribution in [0.5, 0.6) is 5.75 Å². The second-order valence-electron chi connectivity index (χ2n) is 9.21. The summed E-state index contributed by atoms with van der Waals surface area (Å²) in [6.45, 7) is 6.14. The quantitative estimate of drug-likeness (QED) is 0.725. The molecule has 1 saturated heterocycles. The van der Waals surface area contributed by atoms with Gasteiger partial charge in [-0.15, -0.1) is 0 Å². The topological polar surface area (TPSA) is 81.1 Å². The molecule has 170 valence electrons. The first-order chi connectivity index (χ1) is 15.3. The number of hydrogen-bond donors (Lipinski definition) is 2. The third-order valence-electron chi connectivity index (χ3n) is 6.99. The van der Waals surface area contributed by atoms with Crippen LogP contribution in [0.15, 0.2) is 36.4 Å². The predicted molar refractivity (Wildman–Crippen MR) is 123 cm³/mol. The maximum Gasteiger partial charge on any atom is 0.305 e. The molecule has 2 heterocycles. The van der Waals surface area contributed by atoms with E-state index in [4.69, 9.17) is 0 Å². The van der Waals surface area contributed by atoms with E-state index in [9.17, 15) is 19.8 Å². The van der Waals surface area contributed by atoms with Crippen LogP contribution in [0.25, 0.3) is 0 Å². The van der Waals surface area contributed by atoms with Crippen LogP contribution in [-0.4, -0.2) is 57.1 Å². The molecule has 1 fully saturated rings. The number of phenols is 1. The normalized spacial score (nSPS) is 19.6. The number of fused-ring (bicyclic) bond motifs is 1. The van der Waals surface area contributed by atoms with Gasteiger partial charge < -0.3 is 15.1 Å². The molecule has 2 atom stereocenters. The fraction of sp³-hybridized carbons (Fsp3) is 0.462. The van der Waals surface area contributed by atoms with Gasteiger partial charge in [0.05, 0.1) is 12.5 Å². The van der Waals surface area contributed by atoms with Gasteiger partial charge in [-0.2, -0.15) is 0 Å². The van der Waals surface area contributed by atoms with Crippen molar-refractivity contribution in [2.45, 2.75) is 64.6 Å². The number of carboxylic acid groups (broad SMARTS) is 1. The highest BCUT2D eigenvalue weighted by Crippen LogP contribution is 2.30. The van der Waals surface area contributed by atoms with Crippen molar-refractivity contribution in [1.82, 2.24) is 9.80 Å². The number of phenolic OH excluding ortho intramolecular Hbond substituents is 1. The first kappa shape index (κ1) is 22.3. The molecule has 2 aromatic carbocycles. The molecule has 0 unspecified atom stereocenters. The number of hydrogen-bond acceptors (Lipinski definition) is 4. The lowest BCUT2D eigenvalue weighted by Gasteiger charge is -2.40. The Kier molecular flexibility index (Phi) is 6.51. The van der Waals surface area contributed by atoms with E-state index in [0.717, 1.165) is 53.7 Å². The zero-order chi connectivity index (χ0) is 22.8. The van der Waals surface area contributed by atoms with Crippen molar-refractivity contribution in [1.29, 1.82) is 0 Å². The lowest BCUT2D eigenvalue weighted by molar-refractivity contribution is -0.144. The number of aryl methyl sites for hydroxylation is 2. The number of nitrogens with zero attached hydrogens (tertiary/aromatic N) is 2. The molecule has 4 rings (SSSR count). The van der Waals surface area contributed by atoms with Gasteiger partial charge in [0.2, 0.25) is 5.91 Å². The van der Waals surface area contributed by atoms with E-state index in [1.54, 1.807) is 12.1 Å². The number of likely N-dealkylation sites (tertiary alicyclic amines) is 1. The monoisotopic (exact) mass is 436 g/mol. The van der Waals surface area contributed by atoms with Crippen molar-refractivity contribution >= 4 is 11.9 Å². The van der Waals surface area contributed by atoms with E-state index in [1.165, 1.54) is 0 Å². The lowest BCUT2D eigenvalue weighted by Crippen LogP contribution is -2.54. The van der Waals surface area contributed by atoms with Crippen LogP contribution in [0, 0.1) is 13.8 Å². The fourth-order valence-electron chi connectivity index (χ4n) is 5.33. The maximum absolute atomic E-state index is 14.0. The van der Waals surface area contributed by atoms with Gasteiger partial charge in [-0.3, -0.25) is 14.5 Å². The molecule has 32 heavy (non-hydrogen) atoms. The number of rotatable bonds is 6. The summed E-state index contributed by atoms with van der Waals surface area (Å²) in [5, 5.41) is 19.5. The number of carboxylic acids is 1. The number of carbonyl (C=O) groups is 2. The highest BCUT2D eigenvalue weighted by atomic mass is 16.4. The molecule has 0 spiro atoms.